The van der Waals surface area contributed by atoms with Gasteiger partial charge in [-0.3, -0.25) is 9.69 Å². The molecule has 1 amide bonds. The second-order valence-corrected chi connectivity index (χ2v) is 5.62. The Morgan fingerprint density at radius 2 is 1.96 bits per heavy atom. The average molecular weight is 315 g/mol. The number of rotatable bonds is 3. The number of carbonyl (C=O) groups is 1. The number of benzene rings is 1. The van der Waals surface area contributed by atoms with Crippen molar-refractivity contribution >= 4 is 5.91 Å². The van der Waals surface area contributed by atoms with E-state index in [2.05, 4.69) is 16.0 Å². The van der Waals surface area contributed by atoms with Gasteiger partial charge in [-0.05, 0) is 17.7 Å². The van der Waals surface area contributed by atoms with Gasteiger partial charge in [-0.25, -0.2) is 4.98 Å². The van der Waals surface area contributed by atoms with E-state index in [0.29, 0.717) is 25.6 Å². The zero-order valence-electron chi connectivity index (χ0n) is 12.6. The van der Waals surface area contributed by atoms with Gasteiger partial charge in [0.25, 0.3) is 5.91 Å². The summed E-state index contributed by atoms with van der Waals surface area (Å²) in [6, 6.07) is 6.02. The fourth-order valence-corrected chi connectivity index (χ4v) is 2.88. The van der Waals surface area contributed by atoms with Crippen molar-refractivity contribution in [1.82, 2.24) is 14.8 Å². The van der Waals surface area contributed by atoms with Crippen molar-refractivity contribution in [2.45, 2.75) is 6.54 Å². The topological polar surface area (TPSA) is 68.0 Å². The summed E-state index contributed by atoms with van der Waals surface area (Å²) in [4.78, 5) is 20.1. The Bertz CT molecular complexity index is 693. The Hall–Kier alpha value is -2.54. The molecule has 2 aliphatic heterocycles. The number of amides is 1. The number of piperazine rings is 1. The maximum absolute atomic E-state index is 12.2. The van der Waals surface area contributed by atoms with Crippen molar-refractivity contribution < 1.29 is 18.7 Å². The van der Waals surface area contributed by atoms with Crippen LogP contribution < -0.4 is 9.47 Å². The maximum Gasteiger partial charge on any atom is 0.291 e. The second-order valence-electron chi connectivity index (χ2n) is 5.62. The van der Waals surface area contributed by atoms with E-state index in [-0.39, 0.29) is 5.91 Å². The summed E-state index contributed by atoms with van der Waals surface area (Å²) in [6.07, 6.45) is 2.74. The SMILES string of the molecule is O=C(c1cnco1)N1CCN(Cc2ccc3c(c2)OCO3)CC1. The minimum atomic E-state index is -0.0924. The monoisotopic (exact) mass is 315 g/mol. The van der Waals surface area contributed by atoms with Gasteiger partial charge in [0.1, 0.15) is 0 Å². The van der Waals surface area contributed by atoms with Crippen molar-refractivity contribution in [3.63, 3.8) is 0 Å². The number of ether oxygens (including phenoxy) is 2. The third-order valence-electron chi connectivity index (χ3n) is 4.15. The molecule has 1 saturated heterocycles. The molecule has 0 unspecified atom stereocenters. The zero-order chi connectivity index (χ0) is 15.6. The number of fused-ring (bicyclic) bond motifs is 1. The molecule has 23 heavy (non-hydrogen) atoms. The van der Waals surface area contributed by atoms with Crippen LogP contribution in [0.2, 0.25) is 0 Å². The Balaban J connectivity index is 1.34. The van der Waals surface area contributed by atoms with Crippen LogP contribution in [0.25, 0.3) is 0 Å². The number of hydrogen-bond donors (Lipinski definition) is 0. The number of nitrogens with zero attached hydrogens (tertiary/aromatic N) is 3. The Morgan fingerprint density at radius 3 is 2.74 bits per heavy atom. The summed E-state index contributed by atoms with van der Waals surface area (Å²) >= 11 is 0. The van der Waals surface area contributed by atoms with Crippen LogP contribution in [-0.2, 0) is 6.54 Å². The quantitative estimate of drug-likeness (QED) is 0.852. The van der Waals surface area contributed by atoms with E-state index in [9.17, 15) is 4.79 Å². The highest BCUT2D eigenvalue weighted by molar-refractivity contribution is 5.91. The minimum absolute atomic E-state index is 0.0924. The molecule has 2 aromatic rings. The molecule has 1 aromatic heterocycles. The number of hydrogen-bond acceptors (Lipinski definition) is 6. The maximum atomic E-state index is 12.2. The number of oxazole rings is 1. The molecule has 0 spiro atoms. The van der Waals surface area contributed by atoms with E-state index in [0.717, 1.165) is 31.1 Å². The molecule has 3 heterocycles. The average Bonchev–Trinajstić information content (AvgIpc) is 3.26. The third kappa shape index (κ3) is 2.87. The van der Waals surface area contributed by atoms with E-state index in [1.165, 1.54) is 18.2 Å². The molecule has 7 nitrogen and oxygen atoms in total. The summed E-state index contributed by atoms with van der Waals surface area (Å²) in [5.74, 6) is 1.82. The second kappa shape index (κ2) is 5.92. The predicted molar refractivity (Wildman–Crippen MR) is 80.2 cm³/mol. The van der Waals surface area contributed by atoms with Crippen LogP contribution in [0.3, 0.4) is 0 Å². The molecule has 0 radical (unpaired) electrons. The highest BCUT2D eigenvalue weighted by atomic mass is 16.7. The van der Waals surface area contributed by atoms with Gasteiger partial charge in [-0.1, -0.05) is 6.07 Å². The molecule has 0 N–H and O–H groups in total. The lowest BCUT2D eigenvalue weighted by molar-refractivity contribution is 0.0598. The van der Waals surface area contributed by atoms with E-state index < -0.39 is 0 Å². The molecule has 2 aliphatic rings. The van der Waals surface area contributed by atoms with Crippen LogP contribution in [0.15, 0.2) is 35.2 Å². The first-order valence-corrected chi connectivity index (χ1v) is 7.58. The van der Waals surface area contributed by atoms with Crippen molar-refractivity contribution in [3.8, 4) is 11.5 Å². The largest absolute Gasteiger partial charge is 0.454 e. The number of aromatic nitrogens is 1. The lowest BCUT2D eigenvalue weighted by atomic mass is 10.1. The van der Waals surface area contributed by atoms with Gasteiger partial charge >= 0.3 is 0 Å². The molecular weight excluding hydrogens is 298 g/mol. The zero-order valence-corrected chi connectivity index (χ0v) is 12.6. The van der Waals surface area contributed by atoms with Gasteiger partial charge in [0.2, 0.25) is 12.6 Å². The van der Waals surface area contributed by atoms with Crippen LogP contribution in [0, 0.1) is 0 Å². The smallest absolute Gasteiger partial charge is 0.291 e. The molecule has 0 bridgehead atoms. The van der Waals surface area contributed by atoms with Gasteiger partial charge < -0.3 is 18.8 Å². The molecule has 4 rings (SSSR count). The highest BCUT2D eigenvalue weighted by Crippen LogP contribution is 2.32. The van der Waals surface area contributed by atoms with E-state index in [1.54, 1.807) is 4.90 Å². The summed E-state index contributed by atoms with van der Waals surface area (Å²) in [5.41, 5.74) is 1.18. The molecule has 1 aromatic carbocycles. The molecule has 7 heteroatoms. The van der Waals surface area contributed by atoms with Crippen LogP contribution in [0.1, 0.15) is 16.1 Å². The molecule has 0 saturated carbocycles. The third-order valence-corrected chi connectivity index (χ3v) is 4.15. The van der Waals surface area contributed by atoms with Crippen LogP contribution in [-0.4, -0.2) is 53.7 Å². The standard InChI is InChI=1S/C16H17N3O4/c20-16(15-8-17-10-21-15)19-5-3-18(4-6-19)9-12-1-2-13-14(7-12)23-11-22-13/h1-2,7-8,10H,3-6,9,11H2. The van der Waals surface area contributed by atoms with Crippen molar-refractivity contribution in [3.05, 3.63) is 42.1 Å². The fraction of sp³-hybridized carbons (Fsp3) is 0.375. The van der Waals surface area contributed by atoms with Gasteiger partial charge in [-0.2, -0.15) is 0 Å². The van der Waals surface area contributed by atoms with Gasteiger partial charge in [0.05, 0.1) is 6.20 Å². The molecule has 0 aliphatic carbocycles. The number of carbonyl (C=O) groups excluding carboxylic acids is 1. The van der Waals surface area contributed by atoms with Crippen molar-refractivity contribution in [1.29, 1.82) is 0 Å². The van der Waals surface area contributed by atoms with Crippen LogP contribution in [0.5, 0.6) is 11.5 Å². The van der Waals surface area contributed by atoms with E-state index in [1.807, 2.05) is 12.1 Å². The lowest BCUT2D eigenvalue weighted by Gasteiger charge is -2.34. The lowest BCUT2D eigenvalue weighted by Crippen LogP contribution is -2.48. The minimum Gasteiger partial charge on any atom is -0.454 e. The van der Waals surface area contributed by atoms with Crippen molar-refractivity contribution in [2.75, 3.05) is 33.0 Å². The highest BCUT2D eigenvalue weighted by Gasteiger charge is 2.24. The molecular formula is C16H17N3O4. The summed E-state index contributed by atoms with van der Waals surface area (Å²) in [7, 11) is 0. The van der Waals surface area contributed by atoms with Gasteiger partial charge in [0.15, 0.2) is 17.9 Å². The Kier molecular flexibility index (Phi) is 3.63. The molecule has 1 fully saturated rings. The van der Waals surface area contributed by atoms with Gasteiger partial charge in [-0.15, -0.1) is 0 Å². The van der Waals surface area contributed by atoms with E-state index in [4.69, 9.17) is 13.9 Å². The first-order valence-electron chi connectivity index (χ1n) is 7.58. The summed E-state index contributed by atoms with van der Waals surface area (Å²) in [5, 5.41) is 0. The predicted octanol–water partition coefficient (Wildman–Crippen LogP) is 1.36. The fourth-order valence-electron chi connectivity index (χ4n) is 2.88. The summed E-state index contributed by atoms with van der Waals surface area (Å²) < 4.78 is 15.8. The Morgan fingerprint density at radius 1 is 1.13 bits per heavy atom. The first-order chi connectivity index (χ1) is 11.3. The van der Waals surface area contributed by atoms with Crippen molar-refractivity contribution in [2.24, 2.45) is 0 Å². The first kappa shape index (κ1) is 14.1. The summed E-state index contributed by atoms with van der Waals surface area (Å²) in [6.45, 7) is 4.15. The molecule has 120 valence electrons. The molecule has 0 atom stereocenters. The normalized spacial score (nSPS) is 17.5. The van der Waals surface area contributed by atoms with Crippen LogP contribution in [0.4, 0.5) is 0 Å². The Labute approximate surface area is 133 Å². The van der Waals surface area contributed by atoms with E-state index >= 15 is 0 Å². The van der Waals surface area contributed by atoms with Gasteiger partial charge in [0, 0.05) is 32.7 Å². The van der Waals surface area contributed by atoms with Crippen LogP contribution >= 0.6 is 0 Å².